The van der Waals surface area contributed by atoms with Gasteiger partial charge in [-0.2, -0.15) is 9.57 Å². The Morgan fingerprint density at radius 2 is 2.16 bits per heavy atom. The summed E-state index contributed by atoms with van der Waals surface area (Å²) >= 11 is 0. The lowest BCUT2D eigenvalue weighted by atomic mass is 10.2. The topological polar surface area (TPSA) is 81.4 Å². The Bertz CT molecular complexity index is 615. The zero-order chi connectivity index (χ0) is 14.0. The van der Waals surface area contributed by atoms with Crippen molar-refractivity contribution in [1.82, 2.24) is 4.31 Å². The van der Waals surface area contributed by atoms with E-state index in [-0.39, 0.29) is 24.1 Å². The number of benzene rings is 1. The van der Waals surface area contributed by atoms with E-state index >= 15 is 0 Å². The summed E-state index contributed by atoms with van der Waals surface area (Å²) in [6, 6.07) is 6.57. The summed E-state index contributed by atoms with van der Waals surface area (Å²) in [4.78, 5) is 0.159. The Morgan fingerprint density at radius 1 is 1.47 bits per heavy atom. The molecular formula is C13H16N2O3S. The minimum atomic E-state index is -3.64. The molecule has 0 atom stereocenters. The van der Waals surface area contributed by atoms with Gasteiger partial charge in [-0.3, -0.25) is 0 Å². The molecule has 0 radical (unpaired) electrons. The van der Waals surface area contributed by atoms with E-state index in [1.807, 2.05) is 6.07 Å². The van der Waals surface area contributed by atoms with Crippen molar-refractivity contribution in [1.29, 1.82) is 5.26 Å². The Balaban J connectivity index is 2.46. The average molecular weight is 280 g/mol. The molecule has 0 aliphatic heterocycles. The Labute approximate surface area is 113 Å². The highest BCUT2D eigenvalue weighted by Crippen LogP contribution is 2.32. The number of nitrogens with zero attached hydrogens (tertiary/aromatic N) is 2. The SMILES string of the molecule is Cc1ccc(C#N)cc1S(=O)(=O)N(CCO)C1CC1. The summed E-state index contributed by atoms with van der Waals surface area (Å²) in [5.41, 5.74) is 0.937. The predicted octanol–water partition coefficient (Wildman–Crippen LogP) is 1.01. The van der Waals surface area contributed by atoms with Crippen LogP contribution in [0.25, 0.3) is 0 Å². The number of rotatable bonds is 5. The minimum Gasteiger partial charge on any atom is -0.395 e. The number of sulfonamides is 1. The fourth-order valence-electron chi connectivity index (χ4n) is 2.03. The Hall–Kier alpha value is -1.42. The van der Waals surface area contributed by atoms with Crippen LogP contribution >= 0.6 is 0 Å². The van der Waals surface area contributed by atoms with Crippen molar-refractivity contribution in [2.75, 3.05) is 13.2 Å². The molecule has 0 aromatic heterocycles. The summed E-state index contributed by atoms with van der Waals surface area (Å²) in [5, 5.41) is 17.9. The van der Waals surface area contributed by atoms with Gasteiger partial charge in [0.25, 0.3) is 0 Å². The van der Waals surface area contributed by atoms with Gasteiger partial charge < -0.3 is 5.11 Å². The Kier molecular flexibility index (Phi) is 3.90. The second-order valence-electron chi connectivity index (χ2n) is 4.66. The van der Waals surface area contributed by atoms with Gasteiger partial charge in [0.15, 0.2) is 0 Å². The number of aliphatic hydroxyl groups is 1. The lowest BCUT2D eigenvalue weighted by Crippen LogP contribution is -2.35. The highest BCUT2D eigenvalue weighted by Gasteiger charge is 2.38. The van der Waals surface area contributed by atoms with Crippen LogP contribution in [0, 0.1) is 18.3 Å². The standard InChI is InChI=1S/C13H16N2O3S/c1-10-2-3-11(9-14)8-13(10)19(17,18)15(6-7-16)12-4-5-12/h2-3,8,12,16H,4-7H2,1H3. The fourth-order valence-corrected chi connectivity index (χ4v) is 3.96. The maximum atomic E-state index is 12.6. The first kappa shape index (κ1) is 14.0. The molecule has 0 bridgehead atoms. The lowest BCUT2D eigenvalue weighted by molar-refractivity contribution is 0.250. The van der Waals surface area contributed by atoms with Gasteiger partial charge in [-0.05, 0) is 37.5 Å². The Morgan fingerprint density at radius 3 is 2.68 bits per heavy atom. The average Bonchev–Trinajstić information content (AvgIpc) is 3.20. The van der Waals surface area contributed by atoms with E-state index in [4.69, 9.17) is 10.4 Å². The van der Waals surface area contributed by atoms with E-state index in [9.17, 15) is 8.42 Å². The molecule has 6 heteroatoms. The molecule has 0 saturated heterocycles. The van der Waals surface area contributed by atoms with Gasteiger partial charge in [0.05, 0.1) is 23.1 Å². The molecular weight excluding hydrogens is 264 g/mol. The van der Waals surface area contributed by atoms with Crippen molar-refractivity contribution in [2.45, 2.75) is 30.7 Å². The van der Waals surface area contributed by atoms with Gasteiger partial charge in [-0.1, -0.05) is 6.07 Å². The minimum absolute atomic E-state index is 0.0118. The van der Waals surface area contributed by atoms with E-state index < -0.39 is 10.0 Å². The highest BCUT2D eigenvalue weighted by molar-refractivity contribution is 7.89. The molecule has 0 heterocycles. The molecule has 1 aliphatic rings. The third-order valence-corrected chi connectivity index (χ3v) is 5.27. The van der Waals surface area contributed by atoms with Gasteiger partial charge in [-0.25, -0.2) is 8.42 Å². The molecule has 1 fully saturated rings. The van der Waals surface area contributed by atoms with E-state index in [1.165, 1.54) is 10.4 Å². The first-order valence-electron chi connectivity index (χ1n) is 6.14. The van der Waals surface area contributed by atoms with Crippen molar-refractivity contribution >= 4 is 10.0 Å². The highest BCUT2D eigenvalue weighted by atomic mass is 32.2. The first-order chi connectivity index (χ1) is 9.00. The van der Waals surface area contributed by atoms with Crippen LogP contribution in [-0.2, 0) is 10.0 Å². The van der Waals surface area contributed by atoms with Crippen LogP contribution in [0.5, 0.6) is 0 Å². The van der Waals surface area contributed by atoms with Crippen LogP contribution in [0.4, 0.5) is 0 Å². The molecule has 2 rings (SSSR count). The van der Waals surface area contributed by atoms with Gasteiger partial charge in [0.2, 0.25) is 10.0 Å². The second kappa shape index (κ2) is 5.29. The zero-order valence-electron chi connectivity index (χ0n) is 10.7. The van der Waals surface area contributed by atoms with Crippen molar-refractivity contribution in [2.24, 2.45) is 0 Å². The zero-order valence-corrected chi connectivity index (χ0v) is 11.5. The maximum Gasteiger partial charge on any atom is 0.243 e. The van der Waals surface area contributed by atoms with Crippen LogP contribution in [0.1, 0.15) is 24.0 Å². The second-order valence-corrected chi connectivity index (χ2v) is 6.52. The summed E-state index contributed by atoms with van der Waals surface area (Å²) in [6.07, 6.45) is 1.66. The van der Waals surface area contributed by atoms with E-state index in [0.29, 0.717) is 11.1 Å². The molecule has 1 saturated carbocycles. The fraction of sp³-hybridized carbons (Fsp3) is 0.462. The van der Waals surface area contributed by atoms with Crippen LogP contribution in [0.3, 0.4) is 0 Å². The summed E-state index contributed by atoms with van der Waals surface area (Å²) in [6.45, 7) is 1.61. The third-order valence-electron chi connectivity index (χ3n) is 3.18. The number of aliphatic hydroxyl groups excluding tert-OH is 1. The first-order valence-corrected chi connectivity index (χ1v) is 7.58. The van der Waals surface area contributed by atoms with Crippen molar-refractivity contribution in [3.05, 3.63) is 29.3 Å². The summed E-state index contributed by atoms with van der Waals surface area (Å²) in [7, 11) is -3.64. The van der Waals surface area contributed by atoms with Gasteiger partial charge in [-0.15, -0.1) is 0 Å². The van der Waals surface area contributed by atoms with Crippen LogP contribution in [-0.4, -0.2) is 37.0 Å². The number of nitriles is 1. The van der Waals surface area contributed by atoms with Gasteiger partial charge in [0.1, 0.15) is 0 Å². The van der Waals surface area contributed by atoms with E-state index in [0.717, 1.165) is 12.8 Å². The predicted molar refractivity (Wildman–Crippen MR) is 69.9 cm³/mol. The van der Waals surface area contributed by atoms with Crippen LogP contribution in [0.15, 0.2) is 23.1 Å². The van der Waals surface area contributed by atoms with Crippen molar-refractivity contribution in [3.8, 4) is 6.07 Å². The monoisotopic (exact) mass is 280 g/mol. The summed E-state index contributed by atoms with van der Waals surface area (Å²) < 4.78 is 26.5. The molecule has 0 spiro atoms. The lowest BCUT2D eigenvalue weighted by Gasteiger charge is -2.22. The summed E-state index contributed by atoms with van der Waals surface area (Å²) in [5.74, 6) is 0. The van der Waals surface area contributed by atoms with Crippen molar-refractivity contribution < 1.29 is 13.5 Å². The molecule has 1 aromatic carbocycles. The van der Waals surface area contributed by atoms with Crippen LogP contribution in [0.2, 0.25) is 0 Å². The molecule has 1 N–H and O–H groups in total. The largest absolute Gasteiger partial charge is 0.395 e. The van der Waals surface area contributed by atoms with E-state index in [1.54, 1.807) is 19.1 Å². The normalized spacial score (nSPS) is 15.5. The van der Waals surface area contributed by atoms with Crippen LogP contribution < -0.4 is 0 Å². The molecule has 0 amide bonds. The molecule has 19 heavy (non-hydrogen) atoms. The van der Waals surface area contributed by atoms with E-state index in [2.05, 4.69) is 0 Å². The molecule has 0 unspecified atom stereocenters. The third kappa shape index (κ3) is 2.78. The quantitative estimate of drug-likeness (QED) is 0.872. The van der Waals surface area contributed by atoms with Gasteiger partial charge >= 0.3 is 0 Å². The maximum absolute atomic E-state index is 12.6. The number of hydrogen-bond donors (Lipinski definition) is 1. The van der Waals surface area contributed by atoms with Crippen molar-refractivity contribution in [3.63, 3.8) is 0 Å². The molecule has 1 aromatic rings. The smallest absolute Gasteiger partial charge is 0.243 e. The number of hydrogen-bond acceptors (Lipinski definition) is 4. The molecule has 102 valence electrons. The van der Waals surface area contributed by atoms with Gasteiger partial charge in [0, 0.05) is 12.6 Å². The number of aryl methyl sites for hydroxylation is 1. The molecule has 1 aliphatic carbocycles. The molecule has 5 nitrogen and oxygen atoms in total.